The van der Waals surface area contributed by atoms with E-state index >= 15 is 0 Å². The molecular weight excluding hydrogens is 471 g/mol. The molecule has 3 rings (SSSR count). The average molecular weight is 499 g/mol. The van der Waals surface area contributed by atoms with Gasteiger partial charge >= 0.3 is 0 Å². The Morgan fingerprint density at radius 1 is 1.26 bits per heavy atom. The number of rotatable bonds is 9. The van der Waals surface area contributed by atoms with E-state index in [4.69, 9.17) is 21.3 Å². The summed E-state index contributed by atoms with van der Waals surface area (Å²) >= 11 is 1.16. The van der Waals surface area contributed by atoms with Gasteiger partial charge in [0.2, 0.25) is 5.90 Å². The van der Waals surface area contributed by atoms with Gasteiger partial charge < -0.3 is 26.2 Å². The number of nitrogens with two attached hydrogens (primary N) is 1. The summed E-state index contributed by atoms with van der Waals surface area (Å²) in [7, 11) is 0. The first-order valence-corrected chi connectivity index (χ1v) is 11.5. The number of carbonyl (C=O) groups is 1. The molecule has 0 aliphatic heterocycles. The molecule has 1 amide bonds. The van der Waals surface area contributed by atoms with Gasteiger partial charge in [0.15, 0.2) is 5.90 Å². The first-order chi connectivity index (χ1) is 16.4. The molecule has 0 saturated carbocycles. The summed E-state index contributed by atoms with van der Waals surface area (Å²) in [5.41, 5.74) is 5.97. The Morgan fingerprint density at radius 2 is 2.00 bits per heavy atom. The normalized spacial score (nSPS) is 11.2. The molecule has 11 heteroatoms. The molecule has 0 bridgehead atoms. The molecule has 0 aliphatic rings. The van der Waals surface area contributed by atoms with Crippen LogP contribution in [0.1, 0.15) is 42.4 Å². The van der Waals surface area contributed by atoms with Crippen LogP contribution in [0.2, 0.25) is 0 Å². The lowest BCUT2D eigenvalue weighted by Gasteiger charge is -2.18. The molecule has 0 unspecified atom stereocenters. The predicted octanol–water partition coefficient (Wildman–Crippen LogP) is 4.10. The minimum Gasteiger partial charge on any atom is -0.429 e. The van der Waals surface area contributed by atoms with Crippen LogP contribution >= 0.6 is 11.3 Å². The molecule has 2 aromatic heterocycles. The zero-order chi connectivity index (χ0) is 25.8. The average Bonchev–Trinajstić information content (AvgIpc) is 3.16. The van der Waals surface area contributed by atoms with Crippen molar-refractivity contribution in [3.63, 3.8) is 0 Å². The van der Waals surface area contributed by atoms with Crippen LogP contribution in [0.5, 0.6) is 0 Å². The number of pyridine rings is 1. The fourth-order valence-electron chi connectivity index (χ4n) is 3.18. The molecule has 0 saturated heterocycles. The highest BCUT2D eigenvalue weighted by Gasteiger charge is 2.21. The number of halogens is 1. The maximum absolute atomic E-state index is 14.8. The summed E-state index contributed by atoms with van der Waals surface area (Å²) in [6.07, 6.45) is 0. The number of aliphatic hydroxyl groups is 1. The van der Waals surface area contributed by atoms with Crippen molar-refractivity contribution in [2.24, 2.45) is 5.73 Å². The summed E-state index contributed by atoms with van der Waals surface area (Å²) < 4.78 is 19.7. The third-order valence-corrected chi connectivity index (χ3v) is 5.94. The highest BCUT2D eigenvalue weighted by molar-refractivity contribution is 7.19. The van der Waals surface area contributed by atoms with Gasteiger partial charge in [-0.1, -0.05) is 18.2 Å². The second kappa shape index (κ2) is 10.7. The van der Waals surface area contributed by atoms with E-state index in [0.29, 0.717) is 33.5 Å². The fourth-order valence-corrected chi connectivity index (χ4v) is 4.28. The molecule has 1 aromatic carbocycles. The number of nitrogens with one attached hydrogen (secondary N) is 4. The van der Waals surface area contributed by atoms with Crippen LogP contribution in [-0.4, -0.2) is 34.3 Å². The SMILES string of the molecule is CC(=N)OC(=N)CNCc1cccc(Nc2sc(-c3ccc(C(C)(C)O)cc3F)cc2C(N)=O)n1. The first kappa shape index (κ1) is 25.9. The van der Waals surface area contributed by atoms with Crippen molar-refractivity contribution in [1.29, 1.82) is 10.8 Å². The summed E-state index contributed by atoms with van der Waals surface area (Å²) in [5.74, 6) is -0.866. The number of nitrogens with zero attached hydrogens (tertiary/aromatic N) is 1. The maximum Gasteiger partial charge on any atom is 0.251 e. The van der Waals surface area contributed by atoms with Crippen LogP contribution in [0.4, 0.5) is 15.2 Å². The van der Waals surface area contributed by atoms with Crippen molar-refractivity contribution in [2.75, 3.05) is 11.9 Å². The second-order valence-corrected chi connectivity index (χ2v) is 9.35. The molecule has 184 valence electrons. The first-order valence-electron chi connectivity index (χ1n) is 10.6. The molecule has 0 atom stereocenters. The number of thiophene rings is 1. The van der Waals surface area contributed by atoms with Crippen LogP contribution < -0.4 is 16.4 Å². The number of primary amides is 1. The zero-order valence-corrected chi connectivity index (χ0v) is 20.3. The van der Waals surface area contributed by atoms with Gasteiger partial charge in [-0.15, -0.1) is 11.3 Å². The van der Waals surface area contributed by atoms with Gasteiger partial charge in [0.05, 0.1) is 23.4 Å². The van der Waals surface area contributed by atoms with Crippen LogP contribution in [0, 0.1) is 16.6 Å². The molecular formula is C24H27FN6O3S. The lowest BCUT2D eigenvalue weighted by molar-refractivity contribution is 0.0782. The van der Waals surface area contributed by atoms with Gasteiger partial charge in [0, 0.05) is 23.9 Å². The van der Waals surface area contributed by atoms with Crippen molar-refractivity contribution >= 4 is 39.9 Å². The van der Waals surface area contributed by atoms with Crippen molar-refractivity contribution in [1.82, 2.24) is 10.3 Å². The Labute approximate surface area is 206 Å². The quantitative estimate of drug-likeness (QED) is 0.193. The Hall–Kier alpha value is -3.67. The van der Waals surface area contributed by atoms with Crippen LogP contribution in [-0.2, 0) is 16.9 Å². The summed E-state index contributed by atoms with van der Waals surface area (Å²) in [5, 5.41) is 31.5. The summed E-state index contributed by atoms with van der Waals surface area (Å²) in [6.45, 7) is 5.07. The van der Waals surface area contributed by atoms with Gasteiger partial charge in [-0.2, -0.15) is 0 Å². The number of benzene rings is 1. The van der Waals surface area contributed by atoms with Gasteiger partial charge in [-0.25, -0.2) is 9.37 Å². The standard InChI is InChI=1S/C24H27FN6O3S/c1-13(26)34-20(27)12-29-11-15-5-4-6-21(30-15)31-23-17(22(28)32)10-19(35-23)16-8-7-14(9-18(16)25)24(2,3)33/h4-10,26-27,29,33H,11-12H2,1-3H3,(H2,28,32)(H,30,31). The molecule has 9 nitrogen and oxygen atoms in total. The molecule has 0 spiro atoms. The van der Waals surface area contributed by atoms with Crippen LogP contribution in [0.3, 0.4) is 0 Å². The number of ether oxygens (including phenoxy) is 1. The molecule has 35 heavy (non-hydrogen) atoms. The third-order valence-electron chi connectivity index (χ3n) is 4.85. The van der Waals surface area contributed by atoms with Crippen LogP contribution in [0.25, 0.3) is 10.4 Å². The van der Waals surface area contributed by atoms with Gasteiger partial charge in [-0.05, 0) is 43.7 Å². The lowest BCUT2D eigenvalue weighted by Crippen LogP contribution is -2.25. The minimum absolute atomic E-state index is 0.0604. The second-order valence-electron chi connectivity index (χ2n) is 8.30. The zero-order valence-electron chi connectivity index (χ0n) is 19.5. The van der Waals surface area contributed by atoms with E-state index in [1.54, 1.807) is 44.2 Å². The van der Waals surface area contributed by atoms with E-state index in [1.807, 2.05) is 0 Å². The monoisotopic (exact) mass is 498 g/mol. The topological polar surface area (TPSA) is 157 Å². The fraction of sp³-hybridized carbons (Fsp3) is 0.250. The number of amides is 1. The summed E-state index contributed by atoms with van der Waals surface area (Å²) in [4.78, 5) is 17.0. The molecule has 3 aromatic rings. The molecule has 2 heterocycles. The Morgan fingerprint density at radius 3 is 2.63 bits per heavy atom. The van der Waals surface area contributed by atoms with E-state index in [2.05, 4.69) is 15.6 Å². The van der Waals surface area contributed by atoms with E-state index in [-0.39, 0.29) is 29.5 Å². The summed E-state index contributed by atoms with van der Waals surface area (Å²) in [6, 6.07) is 11.3. The smallest absolute Gasteiger partial charge is 0.251 e. The van der Waals surface area contributed by atoms with E-state index in [9.17, 15) is 14.3 Å². The Balaban J connectivity index is 1.79. The minimum atomic E-state index is -1.18. The number of carbonyl (C=O) groups excluding carboxylic acids is 1. The van der Waals surface area contributed by atoms with Crippen molar-refractivity contribution in [3.8, 4) is 10.4 Å². The largest absolute Gasteiger partial charge is 0.429 e. The lowest BCUT2D eigenvalue weighted by atomic mass is 9.96. The number of hydrogen-bond donors (Lipinski definition) is 6. The molecule has 0 fully saturated rings. The third kappa shape index (κ3) is 6.92. The van der Waals surface area contributed by atoms with E-state index < -0.39 is 17.3 Å². The van der Waals surface area contributed by atoms with Crippen molar-refractivity contribution < 1.29 is 19.0 Å². The highest BCUT2D eigenvalue weighted by atomic mass is 32.1. The molecule has 0 aliphatic carbocycles. The highest BCUT2D eigenvalue weighted by Crippen LogP contribution is 2.38. The van der Waals surface area contributed by atoms with Crippen molar-refractivity contribution in [2.45, 2.75) is 32.9 Å². The number of aromatic nitrogens is 1. The Bertz CT molecular complexity index is 1270. The number of hydrogen-bond acceptors (Lipinski definition) is 9. The van der Waals surface area contributed by atoms with Gasteiger partial charge in [0.25, 0.3) is 5.91 Å². The predicted molar refractivity (Wildman–Crippen MR) is 135 cm³/mol. The van der Waals surface area contributed by atoms with Gasteiger partial charge in [0.1, 0.15) is 16.6 Å². The van der Waals surface area contributed by atoms with Crippen LogP contribution in [0.15, 0.2) is 42.5 Å². The van der Waals surface area contributed by atoms with E-state index in [1.165, 1.54) is 19.1 Å². The maximum atomic E-state index is 14.8. The molecule has 7 N–H and O–H groups in total. The van der Waals surface area contributed by atoms with E-state index in [0.717, 1.165) is 11.3 Å². The van der Waals surface area contributed by atoms with Crippen molar-refractivity contribution in [3.05, 3.63) is 65.1 Å². The van der Waals surface area contributed by atoms with Gasteiger partial charge in [-0.3, -0.25) is 15.6 Å². The Kier molecular flexibility index (Phi) is 7.95. The number of anilines is 2. The molecule has 0 radical (unpaired) electrons.